The van der Waals surface area contributed by atoms with E-state index in [1.54, 1.807) is 27.4 Å². The first kappa shape index (κ1) is 17.1. The monoisotopic (exact) mass is 341 g/mol. The van der Waals surface area contributed by atoms with Crippen molar-refractivity contribution < 1.29 is 19.0 Å². The molecule has 0 saturated carbocycles. The molecule has 25 heavy (non-hydrogen) atoms. The van der Waals surface area contributed by atoms with E-state index < -0.39 is 0 Å². The summed E-state index contributed by atoms with van der Waals surface area (Å²) in [6.07, 6.45) is 0.787. The maximum Gasteiger partial charge on any atom is 0.254 e. The number of carbonyl (C=O) groups excluding carboxylic acids is 1. The fourth-order valence-corrected chi connectivity index (χ4v) is 3.34. The lowest BCUT2D eigenvalue weighted by atomic mass is 9.92. The molecule has 5 nitrogen and oxygen atoms in total. The van der Waals surface area contributed by atoms with E-state index in [-0.39, 0.29) is 11.9 Å². The molecule has 0 aliphatic carbocycles. The molecular formula is C20H23NO4. The van der Waals surface area contributed by atoms with Gasteiger partial charge in [-0.25, -0.2) is 0 Å². The minimum atomic E-state index is -0.0396. The van der Waals surface area contributed by atoms with Gasteiger partial charge < -0.3 is 19.1 Å². The van der Waals surface area contributed by atoms with Crippen molar-refractivity contribution in [3.63, 3.8) is 0 Å². The van der Waals surface area contributed by atoms with E-state index in [4.69, 9.17) is 14.2 Å². The number of fused-ring (bicyclic) bond motifs is 1. The van der Waals surface area contributed by atoms with Crippen LogP contribution in [0.3, 0.4) is 0 Å². The molecule has 0 bridgehead atoms. The van der Waals surface area contributed by atoms with Gasteiger partial charge in [0.1, 0.15) is 5.75 Å². The fourth-order valence-electron chi connectivity index (χ4n) is 3.34. The van der Waals surface area contributed by atoms with Crippen LogP contribution in [-0.4, -0.2) is 38.7 Å². The number of carbonyl (C=O) groups is 1. The SMILES string of the molecule is COc1cccc(C(=O)N2CCc3cc(OC)c(OC)cc3[C@@H]2C)c1. The lowest BCUT2D eigenvalue weighted by Crippen LogP contribution is -2.38. The van der Waals surface area contributed by atoms with Crippen LogP contribution in [0, 0.1) is 0 Å². The Labute approximate surface area is 148 Å². The summed E-state index contributed by atoms with van der Waals surface area (Å²) in [7, 11) is 4.86. The van der Waals surface area contributed by atoms with Crippen molar-refractivity contribution in [1.82, 2.24) is 4.90 Å². The molecule has 2 aromatic rings. The summed E-state index contributed by atoms with van der Waals surface area (Å²) in [6, 6.07) is 11.2. The highest BCUT2D eigenvalue weighted by atomic mass is 16.5. The van der Waals surface area contributed by atoms with Crippen molar-refractivity contribution in [3.05, 3.63) is 53.1 Å². The van der Waals surface area contributed by atoms with E-state index in [1.165, 1.54) is 5.56 Å². The zero-order chi connectivity index (χ0) is 18.0. The number of benzene rings is 2. The Kier molecular flexibility index (Phi) is 4.83. The van der Waals surface area contributed by atoms with Crippen LogP contribution >= 0.6 is 0 Å². The van der Waals surface area contributed by atoms with Gasteiger partial charge in [-0.15, -0.1) is 0 Å². The van der Waals surface area contributed by atoms with Gasteiger partial charge in [0, 0.05) is 12.1 Å². The van der Waals surface area contributed by atoms with E-state index in [1.807, 2.05) is 42.2 Å². The molecule has 5 heteroatoms. The summed E-state index contributed by atoms with van der Waals surface area (Å²) in [6.45, 7) is 2.71. The first-order valence-electron chi connectivity index (χ1n) is 8.28. The van der Waals surface area contributed by atoms with Gasteiger partial charge in [-0.05, 0) is 54.8 Å². The molecule has 0 fully saturated rings. The topological polar surface area (TPSA) is 48.0 Å². The number of rotatable bonds is 4. The molecule has 0 spiro atoms. The van der Waals surface area contributed by atoms with Crippen LogP contribution in [-0.2, 0) is 6.42 Å². The summed E-state index contributed by atoms with van der Waals surface area (Å²) in [4.78, 5) is 14.9. The lowest BCUT2D eigenvalue weighted by molar-refractivity contribution is 0.0677. The van der Waals surface area contributed by atoms with Crippen LogP contribution < -0.4 is 14.2 Å². The maximum absolute atomic E-state index is 13.0. The normalized spacial score (nSPS) is 16.2. The molecular weight excluding hydrogens is 318 g/mol. The number of hydrogen-bond donors (Lipinski definition) is 0. The average molecular weight is 341 g/mol. The van der Waals surface area contributed by atoms with Gasteiger partial charge in [-0.1, -0.05) is 6.07 Å². The summed E-state index contributed by atoms with van der Waals surface area (Å²) in [5.41, 5.74) is 2.93. The Hall–Kier alpha value is -2.69. The highest BCUT2D eigenvalue weighted by molar-refractivity contribution is 5.95. The molecule has 1 aliphatic rings. The minimum Gasteiger partial charge on any atom is -0.497 e. The Morgan fingerprint density at radius 1 is 1.04 bits per heavy atom. The van der Waals surface area contributed by atoms with Gasteiger partial charge in [-0.2, -0.15) is 0 Å². The lowest BCUT2D eigenvalue weighted by Gasteiger charge is -2.36. The summed E-state index contributed by atoms with van der Waals surface area (Å²) in [5.74, 6) is 2.10. The van der Waals surface area contributed by atoms with Gasteiger partial charge in [0.15, 0.2) is 11.5 Å². The molecule has 0 saturated heterocycles. The van der Waals surface area contributed by atoms with Crippen molar-refractivity contribution in [2.24, 2.45) is 0 Å². The van der Waals surface area contributed by atoms with E-state index in [2.05, 4.69) is 0 Å². The summed E-state index contributed by atoms with van der Waals surface area (Å²) in [5, 5.41) is 0. The van der Waals surface area contributed by atoms with Gasteiger partial charge in [-0.3, -0.25) is 4.79 Å². The summed E-state index contributed by atoms with van der Waals surface area (Å²) >= 11 is 0. The van der Waals surface area contributed by atoms with Crippen LogP contribution in [0.2, 0.25) is 0 Å². The molecule has 1 atom stereocenters. The van der Waals surface area contributed by atoms with E-state index in [9.17, 15) is 4.79 Å². The molecule has 0 N–H and O–H groups in total. The van der Waals surface area contributed by atoms with Crippen molar-refractivity contribution in [3.8, 4) is 17.2 Å². The van der Waals surface area contributed by atoms with Crippen LogP contribution in [0.1, 0.15) is 34.5 Å². The molecule has 1 aliphatic heterocycles. The second-order valence-electron chi connectivity index (χ2n) is 6.06. The Morgan fingerprint density at radius 2 is 1.76 bits per heavy atom. The first-order chi connectivity index (χ1) is 12.1. The molecule has 1 amide bonds. The number of hydrogen-bond acceptors (Lipinski definition) is 4. The van der Waals surface area contributed by atoms with Gasteiger partial charge in [0.25, 0.3) is 5.91 Å². The second kappa shape index (κ2) is 7.05. The third kappa shape index (κ3) is 3.14. The number of amides is 1. The van der Waals surface area contributed by atoms with Crippen molar-refractivity contribution in [2.75, 3.05) is 27.9 Å². The highest BCUT2D eigenvalue weighted by Crippen LogP contribution is 2.38. The molecule has 3 rings (SSSR count). The Morgan fingerprint density at radius 3 is 2.44 bits per heavy atom. The quantitative estimate of drug-likeness (QED) is 0.854. The predicted octanol–water partition coefficient (Wildman–Crippen LogP) is 3.47. The van der Waals surface area contributed by atoms with E-state index in [0.717, 1.165) is 17.7 Å². The third-order valence-corrected chi connectivity index (χ3v) is 4.76. The second-order valence-corrected chi connectivity index (χ2v) is 6.06. The number of methoxy groups -OCH3 is 3. The Balaban J connectivity index is 1.92. The molecule has 132 valence electrons. The zero-order valence-electron chi connectivity index (χ0n) is 15.0. The van der Waals surface area contributed by atoms with Crippen molar-refractivity contribution in [1.29, 1.82) is 0 Å². The van der Waals surface area contributed by atoms with Crippen LogP contribution in [0.25, 0.3) is 0 Å². The molecule has 2 aromatic carbocycles. The van der Waals surface area contributed by atoms with E-state index >= 15 is 0 Å². The fraction of sp³-hybridized carbons (Fsp3) is 0.350. The van der Waals surface area contributed by atoms with Gasteiger partial charge in [0.05, 0.1) is 27.4 Å². The zero-order valence-corrected chi connectivity index (χ0v) is 15.0. The maximum atomic E-state index is 13.0. The smallest absolute Gasteiger partial charge is 0.254 e. The van der Waals surface area contributed by atoms with E-state index in [0.29, 0.717) is 23.6 Å². The first-order valence-corrected chi connectivity index (χ1v) is 8.28. The van der Waals surface area contributed by atoms with Crippen LogP contribution in [0.4, 0.5) is 0 Å². The number of ether oxygens (including phenoxy) is 3. The summed E-state index contributed by atoms with van der Waals surface area (Å²) < 4.78 is 16.0. The van der Waals surface area contributed by atoms with Crippen molar-refractivity contribution >= 4 is 5.91 Å². The third-order valence-electron chi connectivity index (χ3n) is 4.76. The predicted molar refractivity (Wildman–Crippen MR) is 95.7 cm³/mol. The largest absolute Gasteiger partial charge is 0.497 e. The van der Waals surface area contributed by atoms with Gasteiger partial charge in [0.2, 0.25) is 0 Å². The highest BCUT2D eigenvalue weighted by Gasteiger charge is 2.29. The Bertz CT molecular complexity index is 787. The van der Waals surface area contributed by atoms with Crippen molar-refractivity contribution in [2.45, 2.75) is 19.4 Å². The van der Waals surface area contributed by atoms with Gasteiger partial charge >= 0.3 is 0 Å². The average Bonchev–Trinajstić information content (AvgIpc) is 2.66. The molecule has 0 unspecified atom stereocenters. The van der Waals surface area contributed by atoms with Crippen LogP contribution in [0.5, 0.6) is 17.2 Å². The molecule has 1 heterocycles. The standard InChI is InChI=1S/C20H23NO4/c1-13-17-12-19(25-4)18(24-3)11-14(17)8-9-21(13)20(22)15-6-5-7-16(10-15)23-2/h5-7,10-13H,8-9H2,1-4H3/t13-/m0/s1. The molecule has 0 radical (unpaired) electrons. The molecule has 0 aromatic heterocycles. The van der Waals surface area contributed by atoms with Crippen LogP contribution in [0.15, 0.2) is 36.4 Å². The number of nitrogens with zero attached hydrogens (tertiary/aromatic N) is 1. The minimum absolute atomic E-state index is 0.00633.